The third-order valence-corrected chi connectivity index (χ3v) is 2.54. The summed E-state index contributed by atoms with van der Waals surface area (Å²) in [7, 11) is 0. The zero-order chi connectivity index (χ0) is 16.0. The lowest BCUT2D eigenvalue weighted by Gasteiger charge is -2.18. The number of carbonyl (C=O) groups excluding carboxylic acids is 1. The Balaban J connectivity index is 2.51. The molecule has 1 rings (SSSR count). The zero-order valence-corrected chi connectivity index (χ0v) is 11.8. The molecule has 0 spiro atoms. The number of carbonyl (C=O) groups is 1. The van der Waals surface area contributed by atoms with Crippen molar-refractivity contribution in [3.8, 4) is 0 Å². The van der Waals surface area contributed by atoms with Crippen molar-refractivity contribution in [1.29, 1.82) is 0 Å². The van der Waals surface area contributed by atoms with Gasteiger partial charge in [-0.2, -0.15) is 18.3 Å². The van der Waals surface area contributed by atoms with Gasteiger partial charge in [-0.25, -0.2) is 4.79 Å². The van der Waals surface area contributed by atoms with Crippen molar-refractivity contribution in [1.82, 2.24) is 15.1 Å². The Hall–Kier alpha value is -1.77. The summed E-state index contributed by atoms with van der Waals surface area (Å²) in [6.45, 7) is 2.47. The van der Waals surface area contributed by atoms with Crippen molar-refractivity contribution in [3.05, 3.63) is 12.4 Å². The van der Waals surface area contributed by atoms with E-state index in [0.717, 1.165) is 12.4 Å². The second kappa shape index (κ2) is 7.30. The monoisotopic (exact) mass is 308 g/mol. The number of rotatable bonds is 6. The van der Waals surface area contributed by atoms with Gasteiger partial charge in [-0.15, -0.1) is 0 Å². The van der Waals surface area contributed by atoms with Crippen LogP contribution in [0.3, 0.4) is 0 Å². The molecule has 0 aliphatic carbocycles. The van der Waals surface area contributed by atoms with Gasteiger partial charge in [0.05, 0.1) is 24.5 Å². The van der Waals surface area contributed by atoms with Gasteiger partial charge in [0, 0.05) is 6.20 Å². The number of nitrogens with one attached hydrogen (secondary N) is 2. The molecule has 6 nitrogen and oxygen atoms in total. The molecule has 1 aromatic heterocycles. The second-order valence-corrected chi connectivity index (χ2v) is 5.15. The predicted molar refractivity (Wildman–Crippen MR) is 70.8 cm³/mol. The first-order valence-corrected chi connectivity index (χ1v) is 6.47. The molecule has 3 N–H and O–H groups in total. The Kier molecular flexibility index (Phi) is 6.01. The summed E-state index contributed by atoms with van der Waals surface area (Å²) in [5.41, 5.74) is 0.151. The summed E-state index contributed by atoms with van der Waals surface area (Å²) in [4.78, 5) is 11.7. The molecule has 9 heteroatoms. The number of alkyl halides is 3. The maximum atomic E-state index is 12.2. The van der Waals surface area contributed by atoms with Crippen LogP contribution in [0, 0.1) is 5.92 Å². The largest absolute Gasteiger partial charge is 0.408 e. The number of hydrogen-bond donors (Lipinski definition) is 3. The molecule has 21 heavy (non-hydrogen) atoms. The lowest BCUT2D eigenvalue weighted by atomic mass is 10.0. The van der Waals surface area contributed by atoms with Crippen LogP contribution in [0.4, 0.5) is 23.7 Å². The van der Waals surface area contributed by atoms with Gasteiger partial charge in [0.1, 0.15) is 6.54 Å². The second-order valence-electron chi connectivity index (χ2n) is 5.15. The summed E-state index contributed by atoms with van der Waals surface area (Å²) >= 11 is 0. The Morgan fingerprint density at radius 1 is 1.48 bits per heavy atom. The summed E-state index contributed by atoms with van der Waals surface area (Å²) in [6.07, 6.45) is -1.56. The van der Waals surface area contributed by atoms with Crippen LogP contribution >= 0.6 is 0 Å². The van der Waals surface area contributed by atoms with E-state index in [1.54, 1.807) is 0 Å². The van der Waals surface area contributed by atoms with Crippen LogP contribution in [0.1, 0.15) is 20.3 Å². The topological polar surface area (TPSA) is 79.2 Å². The third-order valence-electron chi connectivity index (χ3n) is 2.54. The summed E-state index contributed by atoms with van der Waals surface area (Å²) < 4.78 is 37.2. The Morgan fingerprint density at radius 2 is 2.14 bits per heavy atom. The van der Waals surface area contributed by atoms with E-state index < -0.39 is 24.8 Å². The molecular formula is C12H19F3N4O2. The molecule has 1 aromatic rings. The van der Waals surface area contributed by atoms with E-state index in [1.807, 2.05) is 13.8 Å². The standard InChI is InChI=1S/C12H19F3N4O2/c1-8(2)3-9(6-20)17-11(21)18-10-4-16-19(5-10)7-12(13,14)15/h4-5,8-9,20H,3,6-7H2,1-2H3,(H2,17,18,21)/t9-/m0/s1. The fourth-order valence-corrected chi connectivity index (χ4v) is 1.80. The van der Waals surface area contributed by atoms with E-state index >= 15 is 0 Å². The minimum atomic E-state index is -4.37. The van der Waals surface area contributed by atoms with Crippen LogP contribution in [-0.2, 0) is 6.54 Å². The van der Waals surface area contributed by atoms with Crippen LogP contribution in [-0.4, -0.2) is 39.7 Å². The number of aliphatic hydroxyl groups is 1. The van der Waals surface area contributed by atoms with Crippen LogP contribution < -0.4 is 10.6 Å². The molecule has 1 atom stereocenters. The molecule has 0 unspecified atom stereocenters. The Morgan fingerprint density at radius 3 is 2.67 bits per heavy atom. The quantitative estimate of drug-likeness (QED) is 0.752. The van der Waals surface area contributed by atoms with E-state index in [-0.39, 0.29) is 18.2 Å². The first-order valence-electron chi connectivity index (χ1n) is 6.47. The van der Waals surface area contributed by atoms with Crippen molar-refractivity contribution in [3.63, 3.8) is 0 Å². The van der Waals surface area contributed by atoms with E-state index in [1.165, 1.54) is 0 Å². The number of amides is 2. The van der Waals surface area contributed by atoms with Gasteiger partial charge in [0.25, 0.3) is 0 Å². The van der Waals surface area contributed by atoms with Crippen LogP contribution in [0.5, 0.6) is 0 Å². The highest BCUT2D eigenvalue weighted by molar-refractivity contribution is 5.89. The third kappa shape index (κ3) is 6.98. The predicted octanol–water partition coefficient (Wildman–Crippen LogP) is 1.97. The maximum absolute atomic E-state index is 12.2. The molecule has 0 saturated heterocycles. The molecular weight excluding hydrogens is 289 g/mol. The number of urea groups is 1. The number of halogens is 3. The first-order chi connectivity index (χ1) is 9.69. The van der Waals surface area contributed by atoms with Crippen molar-refractivity contribution >= 4 is 11.7 Å². The van der Waals surface area contributed by atoms with E-state index in [9.17, 15) is 18.0 Å². The number of aromatic nitrogens is 2. The fraction of sp³-hybridized carbons (Fsp3) is 0.667. The van der Waals surface area contributed by atoms with E-state index in [2.05, 4.69) is 15.7 Å². The molecule has 2 amide bonds. The molecule has 0 saturated carbocycles. The molecule has 120 valence electrons. The van der Waals surface area contributed by atoms with Crippen LogP contribution in [0.25, 0.3) is 0 Å². The summed E-state index contributed by atoms with van der Waals surface area (Å²) in [5.74, 6) is 0.289. The summed E-state index contributed by atoms with van der Waals surface area (Å²) in [6, 6.07) is -1.00. The minimum Gasteiger partial charge on any atom is -0.394 e. The molecule has 0 aromatic carbocycles. The van der Waals surface area contributed by atoms with Crippen molar-refractivity contribution < 1.29 is 23.1 Å². The van der Waals surface area contributed by atoms with Gasteiger partial charge < -0.3 is 15.7 Å². The highest BCUT2D eigenvalue weighted by Crippen LogP contribution is 2.18. The fourth-order valence-electron chi connectivity index (χ4n) is 1.80. The Labute approximate surface area is 120 Å². The van der Waals surface area contributed by atoms with Gasteiger partial charge in [0.15, 0.2) is 0 Å². The van der Waals surface area contributed by atoms with Crippen molar-refractivity contribution in [2.24, 2.45) is 5.92 Å². The number of nitrogens with zero attached hydrogens (tertiary/aromatic N) is 2. The van der Waals surface area contributed by atoms with Gasteiger partial charge in [-0.3, -0.25) is 4.68 Å². The summed E-state index contributed by atoms with van der Waals surface area (Å²) in [5, 5.41) is 17.6. The van der Waals surface area contributed by atoms with Gasteiger partial charge in [-0.05, 0) is 12.3 Å². The molecule has 0 bridgehead atoms. The maximum Gasteiger partial charge on any atom is 0.408 e. The molecule has 0 fully saturated rings. The number of aliphatic hydroxyl groups excluding tert-OH is 1. The lowest BCUT2D eigenvalue weighted by molar-refractivity contribution is -0.142. The van der Waals surface area contributed by atoms with Crippen molar-refractivity contribution in [2.75, 3.05) is 11.9 Å². The minimum absolute atomic E-state index is 0.151. The molecule has 1 heterocycles. The van der Waals surface area contributed by atoms with Gasteiger partial charge in [-0.1, -0.05) is 13.8 Å². The smallest absolute Gasteiger partial charge is 0.394 e. The normalized spacial score (nSPS) is 13.3. The van der Waals surface area contributed by atoms with E-state index in [0.29, 0.717) is 11.1 Å². The highest BCUT2D eigenvalue weighted by atomic mass is 19.4. The van der Waals surface area contributed by atoms with Crippen LogP contribution in [0.2, 0.25) is 0 Å². The highest BCUT2D eigenvalue weighted by Gasteiger charge is 2.28. The lowest BCUT2D eigenvalue weighted by Crippen LogP contribution is -2.40. The average molecular weight is 308 g/mol. The molecule has 0 aliphatic rings. The van der Waals surface area contributed by atoms with Gasteiger partial charge in [0.2, 0.25) is 0 Å². The zero-order valence-electron chi connectivity index (χ0n) is 11.8. The Bertz CT molecular complexity index is 460. The van der Waals surface area contributed by atoms with Crippen molar-refractivity contribution in [2.45, 2.75) is 39.0 Å². The van der Waals surface area contributed by atoms with Gasteiger partial charge >= 0.3 is 12.2 Å². The number of hydrogen-bond acceptors (Lipinski definition) is 3. The number of anilines is 1. The average Bonchev–Trinajstić information content (AvgIpc) is 2.72. The molecule has 0 radical (unpaired) electrons. The van der Waals surface area contributed by atoms with Crippen LogP contribution in [0.15, 0.2) is 12.4 Å². The first kappa shape index (κ1) is 17.3. The van der Waals surface area contributed by atoms with E-state index in [4.69, 9.17) is 5.11 Å². The SMILES string of the molecule is CC(C)C[C@@H](CO)NC(=O)Nc1cnn(CC(F)(F)F)c1. The molecule has 0 aliphatic heterocycles.